The number of imide groups is 1. The minimum Gasteiger partial charge on any atom is -0.345 e. The summed E-state index contributed by atoms with van der Waals surface area (Å²) in [4.78, 5) is 48.3. The van der Waals surface area contributed by atoms with Crippen molar-refractivity contribution < 1.29 is 14.4 Å². The van der Waals surface area contributed by atoms with E-state index in [0.29, 0.717) is 18.7 Å². The number of aromatic nitrogens is 2. The normalized spacial score (nSPS) is 20.4. The highest BCUT2D eigenvalue weighted by atomic mass is 32.2. The molecule has 3 N–H and O–H groups in total. The van der Waals surface area contributed by atoms with E-state index < -0.39 is 17.5 Å². The maximum atomic E-state index is 13.5. The highest BCUT2D eigenvalue weighted by molar-refractivity contribution is 7.98. The molecule has 9 heteroatoms. The maximum absolute atomic E-state index is 13.5. The van der Waals surface area contributed by atoms with E-state index in [4.69, 9.17) is 0 Å². The number of urea groups is 1. The number of hydrogen-bond acceptors (Lipinski definition) is 5. The lowest BCUT2D eigenvalue weighted by atomic mass is 9.76. The van der Waals surface area contributed by atoms with Gasteiger partial charge in [-0.1, -0.05) is 36.4 Å². The van der Waals surface area contributed by atoms with E-state index in [-0.39, 0.29) is 18.5 Å². The van der Waals surface area contributed by atoms with Crippen LogP contribution in [-0.4, -0.2) is 51.3 Å². The van der Waals surface area contributed by atoms with Gasteiger partial charge >= 0.3 is 6.03 Å². The van der Waals surface area contributed by atoms with E-state index >= 15 is 0 Å². The van der Waals surface area contributed by atoms with Gasteiger partial charge in [-0.05, 0) is 61.0 Å². The molecule has 1 saturated heterocycles. The predicted molar refractivity (Wildman–Crippen MR) is 131 cm³/mol. The summed E-state index contributed by atoms with van der Waals surface area (Å²) in [7, 11) is 0. The van der Waals surface area contributed by atoms with Crippen molar-refractivity contribution in [3.05, 3.63) is 65.5 Å². The molecule has 0 bridgehead atoms. The molecule has 1 fully saturated rings. The Morgan fingerprint density at radius 1 is 1.21 bits per heavy atom. The van der Waals surface area contributed by atoms with E-state index in [2.05, 4.69) is 20.6 Å². The van der Waals surface area contributed by atoms with Gasteiger partial charge in [0, 0.05) is 0 Å². The third-order valence-corrected chi connectivity index (χ3v) is 7.28. The van der Waals surface area contributed by atoms with Crippen molar-refractivity contribution in [3.8, 4) is 0 Å². The smallest absolute Gasteiger partial charge is 0.325 e. The Hall–Kier alpha value is -3.33. The number of nitrogens with one attached hydrogen (secondary N) is 3. The van der Waals surface area contributed by atoms with Crippen LogP contribution in [0.4, 0.5) is 4.79 Å². The molecule has 176 valence electrons. The third-order valence-electron chi connectivity index (χ3n) is 6.64. The van der Waals surface area contributed by atoms with Crippen LogP contribution in [0.25, 0.3) is 11.0 Å². The summed E-state index contributed by atoms with van der Waals surface area (Å²) < 4.78 is 0. The molecule has 2 aromatic carbocycles. The van der Waals surface area contributed by atoms with Crippen molar-refractivity contribution in [2.45, 2.75) is 37.3 Å². The molecule has 3 aromatic rings. The molecule has 4 amide bonds. The lowest BCUT2D eigenvalue weighted by Crippen LogP contribution is -2.47. The van der Waals surface area contributed by atoms with Gasteiger partial charge in [-0.3, -0.25) is 14.5 Å². The molecule has 8 nitrogen and oxygen atoms in total. The number of H-pyrrole nitrogens is 1. The second kappa shape index (κ2) is 9.13. The number of nitrogens with zero attached hydrogens (tertiary/aromatic N) is 2. The van der Waals surface area contributed by atoms with Gasteiger partial charge in [-0.25, -0.2) is 9.78 Å². The van der Waals surface area contributed by atoms with E-state index in [9.17, 15) is 14.4 Å². The highest BCUT2D eigenvalue weighted by Crippen LogP contribution is 2.39. The number of aromatic amines is 1. The minimum atomic E-state index is -1.08. The number of carbonyl (C=O) groups is 3. The van der Waals surface area contributed by atoms with Gasteiger partial charge in [0.15, 0.2) is 0 Å². The summed E-state index contributed by atoms with van der Waals surface area (Å²) in [6.45, 7) is -0.329. The van der Waals surface area contributed by atoms with Gasteiger partial charge in [0.25, 0.3) is 5.91 Å². The number of aryl methyl sites for hydroxylation is 1. The van der Waals surface area contributed by atoms with Crippen LogP contribution in [0.3, 0.4) is 0 Å². The van der Waals surface area contributed by atoms with Crippen LogP contribution in [0.1, 0.15) is 42.3 Å². The van der Waals surface area contributed by atoms with Gasteiger partial charge in [-0.2, -0.15) is 11.8 Å². The fourth-order valence-electron chi connectivity index (χ4n) is 4.99. The Morgan fingerprint density at radius 3 is 2.82 bits per heavy atom. The number of amides is 4. The number of rotatable bonds is 7. The molecular formula is C25H27N5O3S. The molecule has 0 radical (unpaired) electrons. The van der Waals surface area contributed by atoms with Gasteiger partial charge in [0.1, 0.15) is 17.9 Å². The summed E-state index contributed by atoms with van der Waals surface area (Å²) in [6.07, 6.45) is 4.88. The molecule has 2 heterocycles. The SMILES string of the molecule is CSCC[C@@H](NC(=O)CN1C(=O)N[C@]2(CCCc3ccccc32)C1=O)c1nc2ccccc2[nH]1. The number of fused-ring (bicyclic) bond motifs is 3. The van der Waals surface area contributed by atoms with Crippen molar-refractivity contribution in [2.75, 3.05) is 18.6 Å². The lowest BCUT2D eigenvalue weighted by Gasteiger charge is -2.33. The standard InChI is InChI=1S/C25H27N5O3S/c1-34-14-12-20(22-27-18-10-4-5-11-19(18)28-22)26-21(31)15-30-23(32)25(29-24(30)33)13-6-8-16-7-2-3-9-17(16)25/h2-5,7,9-11,20H,6,8,12-15H2,1H3,(H,26,31)(H,27,28)(H,29,33)/t20-,25+/m1/s1. The average molecular weight is 478 g/mol. The molecule has 0 saturated carbocycles. The number of hydrogen-bond donors (Lipinski definition) is 3. The molecule has 2 atom stereocenters. The molecule has 1 aromatic heterocycles. The van der Waals surface area contributed by atoms with Crippen LogP contribution in [0.2, 0.25) is 0 Å². The van der Waals surface area contributed by atoms with Crippen molar-refractivity contribution in [1.82, 2.24) is 25.5 Å². The van der Waals surface area contributed by atoms with Crippen LogP contribution in [0.5, 0.6) is 0 Å². The first-order valence-electron chi connectivity index (χ1n) is 11.5. The third kappa shape index (κ3) is 3.94. The molecule has 34 heavy (non-hydrogen) atoms. The Morgan fingerprint density at radius 2 is 2.00 bits per heavy atom. The Bertz CT molecular complexity index is 1230. The fraction of sp³-hybridized carbons (Fsp3) is 0.360. The number of thioether (sulfide) groups is 1. The topological polar surface area (TPSA) is 107 Å². The number of para-hydroxylation sites is 2. The van der Waals surface area contributed by atoms with Crippen molar-refractivity contribution in [3.63, 3.8) is 0 Å². The summed E-state index contributed by atoms with van der Waals surface area (Å²) in [5.41, 5.74) is 2.54. The van der Waals surface area contributed by atoms with E-state index in [1.807, 2.05) is 54.8 Å². The average Bonchev–Trinajstić information content (AvgIpc) is 3.37. The summed E-state index contributed by atoms with van der Waals surface area (Å²) in [5.74, 6) is 0.740. The zero-order valence-electron chi connectivity index (χ0n) is 19.0. The van der Waals surface area contributed by atoms with Gasteiger partial charge in [0.2, 0.25) is 5.91 Å². The molecule has 1 spiro atoms. The second-order valence-electron chi connectivity index (χ2n) is 8.78. The Labute approximate surface area is 201 Å². The van der Waals surface area contributed by atoms with Crippen LogP contribution in [0.15, 0.2) is 48.5 Å². The summed E-state index contributed by atoms with van der Waals surface area (Å²) >= 11 is 1.68. The lowest BCUT2D eigenvalue weighted by molar-refractivity contribution is -0.135. The number of benzene rings is 2. The molecule has 1 aliphatic heterocycles. The minimum absolute atomic E-state index is 0.329. The first-order valence-corrected chi connectivity index (χ1v) is 12.9. The summed E-state index contributed by atoms with van der Waals surface area (Å²) in [5, 5.41) is 5.89. The van der Waals surface area contributed by atoms with E-state index in [0.717, 1.165) is 45.7 Å². The van der Waals surface area contributed by atoms with Crippen LogP contribution >= 0.6 is 11.8 Å². The number of carbonyl (C=O) groups excluding carboxylic acids is 3. The van der Waals surface area contributed by atoms with Gasteiger partial charge < -0.3 is 15.6 Å². The van der Waals surface area contributed by atoms with Crippen molar-refractivity contribution >= 4 is 40.6 Å². The van der Waals surface area contributed by atoms with Crippen molar-refractivity contribution in [1.29, 1.82) is 0 Å². The first kappa shape index (κ1) is 22.5. The van der Waals surface area contributed by atoms with Gasteiger partial charge in [-0.15, -0.1) is 0 Å². The van der Waals surface area contributed by atoms with Crippen LogP contribution in [-0.2, 0) is 21.5 Å². The molecule has 2 aliphatic rings. The molecular weight excluding hydrogens is 450 g/mol. The largest absolute Gasteiger partial charge is 0.345 e. The predicted octanol–water partition coefficient (Wildman–Crippen LogP) is 3.26. The first-order chi connectivity index (χ1) is 16.5. The van der Waals surface area contributed by atoms with E-state index in [1.54, 1.807) is 11.8 Å². The molecule has 1 aliphatic carbocycles. The Balaban J connectivity index is 1.34. The van der Waals surface area contributed by atoms with Crippen LogP contribution in [0, 0.1) is 0 Å². The molecule has 5 rings (SSSR count). The summed E-state index contributed by atoms with van der Waals surface area (Å²) in [6, 6.07) is 14.5. The van der Waals surface area contributed by atoms with Crippen molar-refractivity contribution in [2.24, 2.45) is 0 Å². The maximum Gasteiger partial charge on any atom is 0.325 e. The zero-order chi connectivity index (χ0) is 23.7. The van der Waals surface area contributed by atoms with Gasteiger partial charge in [0.05, 0.1) is 17.1 Å². The fourth-order valence-corrected chi connectivity index (χ4v) is 5.46. The highest BCUT2D eigenvalue weighted by Gasteiger charge is 2.54. The zero-order valence-corrected chi connectivity index (χ0v) is 19.8. The molecule has 0 unspecified atom stereocenters. The van der Waals surface area contributed by atoms with E-state index in [1.165, 1.54) is 0 Å². The quantitative estimate of drug-likeness (QED) is 0.453. The monoisotopic (exact) mass is 477 g/mol. The second-order valence-corrected chi connectivity index (χ2v) is 9.76. The number of imidazole rings is 1. The Kier molecular flexibility index (Phi) is 6.03. The van der Waals surface area contributed by atoms with Crippen LogP contribution < -0.4 is 10.6 Å².